The van der Waals surface area contributed by atoms with Crippen LogP contribution in [0.15, 0.2) is 95.4 Å². The number of unbranched alkanes of at least 4 members (excludes halogenated alkanes) is 24. The maximum atomic E-state index is 15.1. The average Bonchev–Trinajstić information content (AvgIpc) is 0.800. The zero-order valence-electron chi connectivity index (χ0n) is 77.4. The monoisotopic (exact) mass is 1990 g/mol. The van der Waals surface area contributed by atoms with Gasteiger partial charge in [-0.25, -0.2) is 31.7 Å². The van der Waals surface area contributed by atoms with Gasteiger partial charge < -0.3 is 47.4 Å². The number of allylic oxidation sites excluding steroid dienone is 1. The number of rotatable bonds is 49. The van der Waals surface area contributed by atoms with Crippen LogP contribution in [-0.2, 0) is 24.0 Å². The van der Waals surface area contributed by atoms with Gasteiger partial charge in [-0.2, -0.15) is 0 Å². The number of hydrogen-bond acceptors (Lipinski definition) is 17. The van der Waals surface area contributed by atoms with Crippen LogP contribution in [-0.4, -0.2) is 111 Å². The topological polar surface area (TPSA) is 274 Å². The largest absolute Gasteiger partial charge is 1.00 e. The van der Waals surface area contributed by atoms with E-state index in [4.69, 9.17) is 15.8 Å². The molecule has 674 valence electrons. The molecule has 0 saturated carbocycles. The van der Waals surface area contributed by atoms with Crippen molar-refractivity contribution < 1.29 is 165 Å². The first-order valence-corrected chi connectivity index (χ1v) is 52.6. The maximum Gasteiger partial charge on any atom is 1.00 e. The Morgan fingerprint density at radius 3 is 1.12 bits per heavy atom. The molecule has 0 bridgehead atoms. The summed E-state index contributed by atoms with van der Waals surface area (Å²) in [5.74, 6) is 3.54. The molecule has 5 rings (SSSR count). The molecular formula is C89H148AlF5I2K2N10O11. The molecule has 0 aliphatic carbocycles. The molecule has 21 nitrogen and oxygen atoms in total. The summed E-state index contributed by atoms with van der Waals surface area (Å²) in [4.78, 5) is 74.8. The number of ether oxygens (including phenoxy) is 1. The number of methoxy groups -OCH3 is 1. The first-order chi connectivity index (χ1) is 56.5. The van der Waals surface area contributed by atoms with Gasteiger partial charge in [-0.15, -0.1) is 17.4 Å². The molecule has 1 aromatic heterocycles. The van der Waals surface area contributed by atoms with Crippen LogP contribution in [0, 0.1) is 63.2 Å². The number of nitrogens with two attached hydrogens (primary N) is 1. The van der Waals surface area contributed by atoms with Crippen molar-refractivity contribution >= 4 is 104 Å². The number of aromatic nitrogens is 2. The van der Waals surface area contributed by atoms with E-state index in [0.717, 1.165) is 103 Å². The summed E-state index contributed by atoms with van der Waals surface area (Å²) in [6.45, 7) is 31.7. The van der Waals surface area contributed by atoms with Crippen LogP contribution in [0.2, 0.25) is 17.4 Å². The summed E-state index contributed by atoms with van der Waals surface area (Å²) in [5.41, 5.74) is 8.82. The molecule has 120 heavy (non-hydrogen) atoms. The minimum Gasteiger partial charge on any atom is -1.00 e. The molecule has 4 aromatic carbocycles. The Morgan fingerprint density at radius 1 is 0.517 bits per heavy atom. The van der Waals surface area contributed by atoms with Crippen LogP contribution in [0.25, 0.3) is 5.69 Å². The SMILES string of the molecule is CCCCCCN(CCCCCC)c1ccc(-n2c(C)nc(C)cc2=O)cc1F.CCCCCCN(CCCCCC)c1ccc(N)cc1F.CCCCCCN(CCCCCC)c1ccc([N+](=O)[O-])cc1F.CCCCCCNCCCCCC.COC(=O)/C=C(/C)NC(C)=O.II.O=CO[O-].O=[N+]([O-])c1ccc(F)c(F)c1.[CH3][Al]([CH3])[CH3].[H-].[K+].[K+]. The fraction of sp³-hybridized carbons (Fsp3) is 0.629. The molecule has 4 N–H and O–H groups in total. The zero-order chi connectivity index (χ0) is 89.9. The molecule has 0 aliphatic rings. The van der Waals surface area contributed by atoms with E-state index in [9.17, 15) is 52.2 Å². The van der Waals surface area contributed by atoms with Gasteiger partial charge in [-0.05, 0) is 128 Å². The molecule has 0 saturated heterocycles. The van der Waals surface area contributed by atoms with E-state index >= 15 is 4.39 Å². The fourth-order valence-electron chi connectivity index (χ4n) is 11.7. The van der Waals surface area contributed by atoms with Gasteiger partial charge in [0.25, 0.3) is 37.6 Å². The van der Waals surface area contributed by atoms with Crippen molar-refractivity contribution in [2.75, 3.05) is 79.9 Å². The minimum atomic E-state index is -1.21. The summed E-state index contributed by atoms with van der Waals surface area (Å²) < 4.78 is 73.7. The molecule has 5 aromatic rings. The Kier molecular flexibility index (Phi) is 93.3. The number of nitrogen functional groups attached to an aromatic ring is 1. The molecule has 0 radical (unpaired) electrons. The van der Waals surface area contributed by atoms with Gasteiger partial charge in [-0.3, -0.25) is 39.2 Å². The molecule has 31 heteroatoms. The Morgan fingerprint density at radius 2 is 0.833 bits per heavy atom. The van der Waals surface area contributed by atoms with Crippen molar-refractivity contribution in [2.24, 2.45) is 0 Å². The van der Waals surface area contributed by atoms with Crippen LogP contribution in [0.3, 0.4) is 0 Å². The van der Waals surface area contributed by atoms with Crippen molar-refractivity contribution in [3.63, 3.8) is 0 Å². The second-order valence-corrected chi connectivity index (χ2v) is 32.8. The number of aryl methyl sites for hydroxylation is 2. The third-order valence-corrected chi connectivity index (χ3v) is 17.7. The van der Waals surface area contributed by atoms with Crippen molar-refractivity contribution in [1.82, 2.24) is 20.2 Å². The van der Waals surface area contributed by atoms with E-state index in [0.29, 0.717) is 57.8 Å². The standard InChI is InChI=1S/C24H36FN3O.C18H29FN2O2.C18H31FN2.C12H27N.C7H11NO3.C6H3F2NO2.CH2O3.3CH3.Al.I2.2K.H/c1-5-7-9-11-15-27(16-12-10-8-6-2)23-14-13-21(18-22(23)25)28-20(4)26-19(3)17-24(28)29;1-3-5-7-9-13-20(14-10-8-6-4-2)18-12-11-16(21(22)23)15-17(18)19;1-3-5-7-9-13-21(14-10-8-6-4-2)18-12-11-16(20)15-17(18)19;1-3-5-7-9-11-13-12-10-8-6-4-2;1-5(8-6(2)9)4-7(10)11-3;7-5-2-1-4(9(10)11)3-6(5)8;2-1-4-3;;;;;1-2;;;/h13-14,17-18H,5-12,15-16H2,1-4H3;11-12,15H,3-10,13-14H2,1-2H3;11-12,15H,3-10,13-14,20H2,1-2H3;13H,3-12H2,1-2H3;4H,1-3H3,(H,8,9);1-3H;1,3H;3*1H3;;;;;/q;;;;;;;;;;;;2*+1;-1/p-1/b;;;;5-4-;;;;;;;;;;. The van der Waals surface area contributed by atoms with Crippen LogP contribution in [0.4, 0.5) is 56.1 Å². The number of carbonyl (C=O) groups is 3. The van der Waals surface area contributed by atoms with Gasteiger partial charge >= 0.3 is 109 Å². The summed E-state index contributed by atoms with van der Waals surface area (Å²) in [6.07, 6.45) is 40.2. The van der Waals surface area contributed by atoms with E-state index in [-0.39, 0.29) is 154 Å². The van der Waals surface area contributed by atoms with Gasteiger partial charge in [-0.1, -0.05) is 209 Å². The van der Waals surface area contributed by atoms with Crippen molar-refractivity contribution in [3.05, 3.63) is 162 Å². The predicted molar refractivity (Wildman–Crippen MR) is 498 cm³/mol. The summed E-state index contributed by atoms with van der Waals surface area (Å²) in [5, 5.41) is 35.1. The average molecular weight is 1990 g/mol. The van der Waals surface area contributed by atoms with Gasteiger partial charge in [0.2, 0.25) is 5.91 Å². The maximum absolute atomic E-state index is 15.1. The third kappa shape index (κ3) is 69.9. The minimum absolute atomic E-state index is 0. The van der Waals surface area contributed by atoms with E-state index in [1.165, 1.54) is 216 Å². The molecule has 1 amide bonds. The van der Waals surface area contributed by atoms with Crippen molar-refractivity contribution in [1.29, 1.82) is 0 Å². The number of amides is 1. The van der Waals surface area contributed by atoms with Crippen molar-refractivity contribution in [2.45, 2.75) is 306 Å². The normalized spacial score (nSPS) is 10.1. The molecule has 0 aliphatic heterocycles. The van der Waals surface area contributed by atoms with E-state index in [1.807, 2.05) is 23.1 Å². The van der Waals surface area contributed by atoms with Crippen molar-refractivity contribution in [3.8, 4) is 5.69 Å². The number of hydrogen-bond donors (Lipinski definition) is 3. The Hall–Kier alpha value is -3.25. The number of halogens is 7. The molecular weight excluding hydrogens is 1840 g/mol. The smallest absolute Gasteiger partial charge is 1.00 e. The van der Waals surface area contributed by atoms with E-state index in [1.54, 1.807) is 32.9 Å². The number of nitro benzene ring substituents is 2. The number of carbonyl (C=O) groups excluding carboxylic acids is 3. The second-order valence-electron chi connectivity index (χ2n) is 29.4. The Labute approximate surface area is 832 Å². The van der Waals surface area contributed by atoms with E-state index < -0.39 is 39.0 Å². The summed E-state index contributed by atoms with van der Waals surface area (Å²) in [7, 11) is 1.28. The van der Waals surface area contributed by atoms with Gasteiger partial charge in [0.15, 0.2) is 17.5 Å². The third-order valence-electron chi connectivity index (χ3n) is 17.7. The number of anilines is 4. The quantitative estimate of drug-likeness (QED) is 0.00279. The molecule has 0 unspecified atom stereocenters. The number of nitrogens with one attached hydrogen (secondary N) is 2. The molecule has 0 atom stereocenters. The second kappa shape index (κ2) is 87.8. The molecule has 1 heterocycles. The summed E-state index contributed by atoms with van der Waals surface area (Å²) in [6, 6.07) is 17.8. The first-order valence-electron chi connectivity index (χ1n) is 42.8. The Balaban J connectivity index is -0.000000258. The summed E-state index contributed by atoms with van der Waals surface area (Å²) >= 11 is 4.10. The van der Waals surface area contributed by atoms with Crippen LogP contribution >= 0.6 is 37.2 Å². The van der Waals surface area contributed by atoms with Gasteiger partial charge in [0, 0.05) is 131 Å². The van der Waals surface area contributed by atoms with E-state index in [2.05, 4.69) is 145 Å². The zero-order valence-corrected chi connectivity index (χ0v) is 88.1. The number of non-ortho nitro benzene ring substituents is 2. The number of nitrogens with zero attached hydrogens (tertiary/aromatic N) is 7. The fourth-order valence-corrected chi connectivity index (χ4v) is 11.7. The number of nitro groups is 2. The van der Waals surface area contributed by atoms with Crippen LogP contribution in [0.5, 0.6) is 0 Å². The number of benzene rings is 4. The first kappa shape index (κ1) is 128. The van der Waals surface area contributed by atoms with Crippen LogP contribution in [0.1, 0.15) is 288 Å². The molecule has 0 fully saturated rings. The van der Waals surface area contributed by atoms with Gasteiger partial charge in [0.1, 0.15) is 17.5 Å². The molecule has 0 spiro atoms. The predicted octanol–water partition coefficient (Wildman–Crippen LogP) is 18.5. The van der Waals surface area contributed by atoms with Crippen LogP contribution < -0.4 is 145 Å². The van der Waals surface area contributed by atoms with Gasteiger partial charge in [0.05, 0.1) is 51.8 Å². The number of esters is 1. The Bertz CT molecular complexity index is 3460.